The van der Waals surface area contributed by atoms with E-state index in [-0.39, 0.29) is 17.7 Å². The quantitative estimate of drug-likeness (QED) is 0.815. The molecule has 1 saturated heterocycles. The highest BCUT2D eigenvalue weighted by atomic mass is 79.9. The summed E-state index contributed by atoms with van der Waals surface area (Å²) in [4.78, 5) is 23.2. The highest BCUT2D eigenvalue weighted by molar-refractivity contribution is 9.10. The molecule has 1 N–H and O–H groups in total. The van der Waals surface area contributed by atoms with Crippen LogP contribution in [0.2, 0.25) is 0 Å². The third kappa shape index (κ3) is 2.06. The summed E-state index contributed by atoms with van der Waals surface area (Å²) in [6.07, 6.45) is 0.881. The van der Waals surface area contributed by atoms with Gasteiger partial charge in [-0.1, -0.05) is 15.9 Å². The van der Waals surface area contributed by atoms with Crippen LogP contribution in [-0.2, 0) is 16.6 Å². The number of rotatable bonds is 1. The van der Waals surface area contributed by atoms with E-state index in [9.17, 15) is 9.59 Å². The fourth-order valence-corrected chi connectivity index (χ4v) is 2.84. The van der Waals surface area contributed by atoms with Crippen LogP contribution in [0.5, 0.6) is 0 Å². The predicted octanol–water partition coefficient (Wildman–Crippen LogP) is 1.86. The van der Waals surface area contributed by atoms with Gasteiger partial charge in [0.25, 0.3) is 0 Å². The van der Waals surface area contributed by atoms with Crippen LogP contribution in [0.3, 0.4) is 0 Å². The van der Waals surface area contributed by atoms with Crippen LogP contribution in [0.1, 0.15) is 24.5 Å². The first-order valence-electron chi connectivity index (χ1n) is 6.02. The molecule has 0 aliphatic carbocycles. The predicted molar refractivity (Wildman–Crippen MR) is 73.5 cm³/mol. The van der Waals surface area contributed by atoms with Gasteiger partial charge in [-0.15, -0.1) is 0 Å². The van der Waals surface area contributed by atoms with Crippen molar-refractivity contribution in [3.8, 4) is 0 Å². The third-order valence-corrected chi connectivity index (χ3v) is 3.90. The van der Waals surface area contributed by atoms with Gasteiger partial charge in [0.1, 0.15) is 0 Å². The second kappa shape index (κ2) is 4.45. The van der Waals surface area contributed by atoms with E-state index in [0.717, 1.165) is 21.1 Å². The van der Waals surface area contributed by atoms with Crippen molar-refractivity contribution in [2.45, 2.75) is 18.8 Å². The molecule has 2 aromatic rings. The summed E-state index contributed by atoms with van der Waals surface area (Å²) in [6.45, 7) is 0. The Bertz CT molecular complexity index is 692. The normalized spacial score (nSPS) is 19.8. The number of carbonyl (C=O) groups excluding carboxylic acids is 2. The molecule has 1 atom stereocenters. The van der Waals surface area contributed by atoms with Gasteiger partial charge in [0, 0.05) is 23.3 Å². The van der Waals surface area contributed by atoms with Gasteiger partial charge in [0.05, 0.1) is 17.1 Å². The zero-order valence-corrected chi connectivity index (χ0v) is 11.9. The van der Waals surface area contributed by atoms with E-state index >= 15 is 0 Å². The molecule has 0 saturated carbocycles. The summed E-state index contributed by atoms with van der Waals surface area (Å²) in [5, 5.41) is 7.78. The van der Waals surface area contributed by atoms with E-state index in [2.05, 4.69) is 26.3 Å². The Hall–Kier alpha value is -1.69. The lowest BCUT2D eigenvalue weighted by atomic mass is 9.93. The van der Waals surface area contributed by atoms with Crippen molar-refractivity contribution < 1.29 is 9.59 Å². The van der Waals surface area contributed by atoms with Gasteiger partial charge < -0.3 is 0 Å². The molecule has 0 radical (unpaired) electrons. The van der Waals surface area contributed by atoms with Gasteiger partial charge in [-0.3, -0.25) is 19.6 Å². The second-order valence-corrected chi connectivity index (χ2v) is 5.59. The number of hydrogen-bond donors (Lipinski definition) is 1. The molecule has 1 unspecified atom stereocenters. The monoisotopic (exact) mass is 321 g/mol. The van der Waals surface area contributed by atoms with Crippen molar-refractivity contribution >= 4 is 38.6 Å². The van der Waals surface area contributed by atoms with Gasteiger partial charge in [0.15, 0.2) is 0 Å². The average molecular weight is 322 g/mol. The SMILES string of the molecule is Cn1nc(C2CCC(=O)NC2=O)c2cc(Br)ccc21. The molecular formula is C13H12BrN3O2. The minimum absolute atomic E-state index is 0.206. The van der Waals surface area contributed by atoms with E-state index in [1.165, 1.54) is 0 Å². The standard InChI is InChI=1S/C13H12BrN3O2/c1-17-10-4-2-7(14)6-9(10)12(16-17)8-3-5-11(18)15-13(8)19/h2,4,6,8H,3,5H2,1H3,(H,15,18,19). The molecule has 98 valence electrons. The molecule has 3 rings (SSSR count). The molecule has 1 fully saturated rings. The van der Waals surface area contributed by atoms with Crippen LogP contribution in [0.25, 0.3) is 10.9 Å². The van der Waals surface area contributed by atoms with Crippen molar-refractivity contribution in [3.05, 3.63) is 28.4 Å². The number of halogens is 1. The van der Waals surface area contributed by atoms with Crippen LogP contribution in [0, 0.1) is 0 Å². The summed E-state index contributed by atoms with van der Waals surface area (Å²) in [6, 6.07) is 5.86. The number of piperidine rings is 1. The number of nitrogens with zero attached hydrogens (tertiary/aromatic N) is 2. The van der Waals surface area contributed by atoms with E-state index < -0.39 is 0 Å². The van der Waals surface area contributed by atoms with Crippen LogP contribution in [-0.4, -0.2) is 21.6 Å². The number of hydrogen-bond acceptors (Lipinski definition) is 3. The topological polar surface area (TPSA) is 64.0 Å². The second-order valence-electron chi connectivity index (χ2n) is 4.67. The van der Waals surface area contributed by atoms with Crippen molar-refractivity contribution in [2.75, 3.05) is 0 Å². The maximum atomic E-state index is 12.0. The molecule has 19 heavy (non-hydrogen) atoms. The number of benzene rings is 1. The maximum Gasteiger partial charge on any atom is 0.235 e. The van der Waals surface area contributed by atoms with E-state index in [1.54, 1.807) is 4.68 Å². The third-order valence-electron chi connectivity index (χ3n) is 3.41. The Kier molecular flexibility index (Phi) is 2.89. The summed E-state index contributed by atoms with van der Waals surface area (Å²) in [7, 11) is 1.85. The highest BCUT2D eigenvalue weighted by Crippen LogP contribution is 2.31. The van der Waals surface area contributed by atoms with Crippen molar-refractivity contribution in [3.63, 3.8) is 0 Å². The van der Waals surface area contributed by atoms with E-state index in [1.807, 2.05) is 25.2 Å². The molecule has 2 amide bonds. The number of carbonyl (C=O) groups is 2. The molecule has 1 aliphatic heterocycles. The zero-order valence-electron chi connectivity index (χ0n) is 10.3. The first-order chi connectivity index (χ1) is 9.06. The van der Waals surface area contributed by atoms with Crippen LogP contribution in [0.4, 0.5) is 0 Å². The number of aromatic nitrogens is 2. The summed E-state index contributed by atoms with van der Waals surface area (Å²) < 4.78 is 2.71. The Labute approximate surface area is 118 Å². The first-order valence-corrected chi connectivity index (χ1v) is 6.81. The number of aryl methyl sites for hydroxylation is 1. The van der Waals surface area contributed by atoms with E-state index in [0.29, 0.717) is 12.8 Å². The summed E-state index contributed by atoms with van der Waals surface area (Å²) >= 11 is 3.43. The lowest BCUT2D eigenvalue weighted by molar-refractivity contribution is -0.134. The first kappa shape index (κ1) is 12.3. The molecule has 0 spiro atoms. The highest BCUT2D eigenvalue weighted by Gasteiger charge is 2.31. The molecule has 1 aromatic heterocycles. The van der Waals surface area contributed by atoms with Gasteiger partial charge in [0.2, 0.25) is 11.8 Å². The van der Waals surface area contributed by atoms with Gasteiger partial charge in [-0.2, -0.15) is 5.10 Å². The number of fused-ring (bicyclic) bond motifs is 1. The van der Waals surface area contributed by atoms with Crippen LogP contribution in [0.15, 0.2) is 22.7 Å². The fraction of sp³-hybridized carbons (Fsp3) is 0.308. The molecule has 6 heteroatoms. The van der Waals surface area contributed by atoms with Gasteiger partial charge in [-0.25, -0.2) is 0 Å². The van der Waals surface area contributed by atoms with Gasteiger partial charge >= 0.3 is 0 Å². The van der Waals surface area contributed by atoms with Crippen molar-refractivity contribution in [2.24, 2.45) is 7.05 Å². The maximum absolute atomic E-state index is 12.0. The zero-order chi connectivity index (χ0) is 13.6. The largest absolute Gasteiger partial charge is 0.296 e. The lowest BCUT2D eigenvalue weighted by Crippen LogP contribution is -2.39. The van der Waals surface area contributed by atoms with Crippen LogP contribution < -0.4 is 5.32 Å². The minimum atomic E-state index is -0.351. The molecule has 1 aliphatic rings. The summed E-state index contributed by atoms with van der Waals surface area (Å²) in [5.41, 5.74) is 1.71. The molecule has 1 aromatic carbocycles. The Morgan fingerprint density at radius 2 is 2.21 bits per heavy atom. The smallest absolute Gasteiger partial charge is 0.235 e. The van der Waals surface area contributed by atoms with Crippen molar-refractivity contribution in [1.29, 1.82) is 0 Å². The Morgan fingerprint density at radius 3 is 2.95 bits per heavy atom. The number of nitrogens with one attached hydrogen (secondary N) is 1. The van der Waals surface area contributed by atoms with E-state index in [4.69, 9.17) is 0 Å². The minimum Gasteiger partial charge on any atom is -0.296 e. The van der Waals surface area contributed by atoms with Gasteiger partial charge in [-0.05, 0) is 24.6 Å². The van der Waals surface area contributed by atoms with Crippen molar-refractivity contribution in [1.82, 2.24) is 15.1 Å². The molecule has 0 bridgehead atoms. The Morgan fingerprint density at radius 1 is 1.42 bits per heavy atom. The molecular weight excluding hydrogens is 310 g/mol. The number of amides is 2. The van der Waals surface area contributed by atoms with Crippen LogP contribution >= 0.6 is 15.9 Å². The fourth-order valence-electron chi connectivity index (χ4n) is 2.48. The summed E-state index contributed by atoms with van der Waals surface area (Å²) in [5.74, 6) is -0.811. The molecule has 5 nitrogen and oxygen atoms in total. The Balaban J connectivity index is 2.12. The number of imide groups is 1. The average Bonchev–Trinajstić information content (AvgIpc) is 2.66. The lowest BCUT2D eigenvalue weighted by Gasteiger charge is -2.19. The molecule has 2 heterocycles.